The van der Waals surface area contributed by atoms with Crippen LogP contribution in [-0.2, 0) is 35.3 Å². The van der Waals surface area contributed by atoms with Crippen molar-refractivity contribution in [3.05, 3.63) is 59.7 Å². The Morgan fingerprint density at radius 3 is 2.29 bits per heavy atom. The molecule has 0 saturated carbocycles. The van der Waals surface area contributed by atoms with Crippen LogP contribution in [0.1, 0.15) is 57.3 Å². The van der Waals surface area contributed by atoms with Gasteiger partial charge in [0, 0.05) is 59.8 Å². The minimum atomic E-state index is -0.701. The van der Waals surface area contributed by atoms with Crippen molar-refractivity contribution in [1.29, 1.82) is 0 Å². The van der Waals surface area contributed by atoms with E-state index in [1.165, 1.54) is 4.90 Å². The molecule has 52 heavy (non-hydrogen) atoms. The summed E-state index contributed by atoms with van der Waals surface area (Å²) in [5.41, 5.74) is 9.26. The van der Waals surface area contributed by atoms with Gasteiger partial charge in [0.1, 0.15) is 12.1 Å². The number of ether oxygens (including phenoxy) is 1. The zero-order valence-corrected chi connectivity index (χ0v) is 31.4. The highest BCUT2D eigenvalue weighted by Gasteiger charge is 2.38. The molecule has 2 aromatic rings. The number of carbonyl (C=O) groups is 5. The Labute approximate surface area is 308 Å². The summed E-state index contributed by atoms with van der Waals surface area (Å²) in [6.45, 7) is 13.0. The molecule has 0 aliphatic carbocycles. The van der Waals surface area contributed by atoms with Gasteiger partial charge in [-0.05, 0) is 53.9 Å². The first-order valence-corrected chi connectivity index (χ1v) is 18.4. The van der Waals surface area contributed by atoms with Gasteiger partial charge in [-0.25, -0.2) is 0 Å². The van der Waals surface area contributed by atoms with Gasteiger partial charge in [0.05, 0.1) is 31.1 Å². The van der Waals surface area contributed by atoms with Gasteiger partial charge in [0.15, 0.2) is 0 Å². The molecule has 0 spiro atoms. The van der Waals surface area contributed by atoms with E-state index in [4.69, 9.17) is 10.5 Å². The van der Waals surface area contributed by atoms with E-state index in [2.05, 4.69) is 37.1 Å². The first-order chi connectivity index (χ1) is 24.9. The van der Waals surface area contributed by atoms with Gasteiger partial charge >= 0.3 is 0 Å². The van der Waals surface area contributed by atoms with Crippen molar-refractivity contribution in [2.45, 2.75) is 58.7 Å². The number of imide groups is 1. The number of amides is 5. The average Bonchev–Trinajstić information content (AvgIpc) is 3.61. The average molecular weight is 720 g/mol. The molecule has 3 atom stereocenters. The van der Waals surface area contributed by atoms with E-state index in [9.17, 15) is 24.0 Å². The van der Waals surface area contributed by atoms with Gasteiger partial charge in [0.2, 0.25) is 30.5 Å². The van der Waals surface area contributed by atoms with Crippen LogP contribution in [0.2, 0.25) is 0 Å². The van der Waals surface area contributed by atoms with Crippen LogP contribution in [0, 0.1) is 17.8 Å². The Morgan fingerprint density at radius 1 is 0.962 bits per heavy atom. The molecule has 3 N–H and O–H groups in total. The van der Waals surface area contributed by atoms with E-state index in [-0.39, 0.29) is 30.9 Å². The number of hydrogen-bond donors (Lipinski definition) is 2. The van der Waals surface area contributed by atoms with Gasteiger partial charge < -0.3 is 30.1 Å². The van der Waals surface area contributed by atoms with Crippen molar-refractivity contribution in [2.24, 2.45) is 23.5 Å². The van der Waals surface area contributed by atoms with Crippen molar-refractivity contribution in [3.8, 4) is 0 Å². The van der Waals surface area contributed by atoms with Crippen LogP contribution in [0.5, 0.6) is 0 Å². The number of benzene rings is 2. The molecule has 2 aromatic carbocycles. The predicted molar refractivity (Wildman–Crippen MR) is 201 cm³/mol. The molecule has 4 heterocycles. The first kappa shape index (κ1) is 40.4. The highest BCUT2D eigenvalue weighted by atomic mass is 16.5. The molecule has 13 heteroatoms. The Kier molecular flexibility index (Phi) is 15.2. The second-order valence-corrected chi connectivity index (χ2v) is 14.8. The maximum absolute atomic E-state index is 12.4. The molecule has 4 fully saturated rings. The Morgan fingerprint density at radius 2 is 1.67 bits per heavy atom. The zero-order valence-electron chi connectivity index (χ0n) is 31.4. The molecule has 4 saturated heterocycles. The maximum atomic E-state index is 12.4. The number of carbonyl (C=O) groups excluding carboxylic acids is 5. The predicted octanol–water partition coefficient (Wildman–Crippen LogP) is 2.64. The van der Waals surface area contributed by atoms with Crippen molar-refractivity contribution >= 4 is 41.9 Å². The quantitative estimate of drug-likeness (QED) is 0.279. The lowest BCUT2D eigenvalue weighted by atomic mass is 9.85. The van der Waals surface area contributed by atoms with Crippen LogP contribution < -0.4 is 20.9 Å². The number of likely N-dealkylation sites (tertiary alicyclic amines) is 2. The van der Waals surface area contributed by atoms with Crippen LogP contribution >= 0.6 is 0 Å². The lowest BCUT2D eigenvalue weighted by Gasteiger charge is -2.42. The monoisotopic (exact) mass is 719 g/mol. The fourth-order valence-corrected chi connectivity index (χ4v) is 6.95. The minimum Gasteiger partial charge on any atom is -0.376 e. The van der Waals surface area contributed by atoms with E-state index >= 15 is 0 Å². The molecule has 6 rings (SSSR count). The third-order valence-electron chi connectivity index (χ3n) is 9.69. The van der Waals surface area contributed by atoms with Crippen LogP contribution in [0.3, 0.4) is 0 Å². The SMILES string of the molecule is CC(C)C.CN(C)c1cc(CN2CC(C3CCN(C(=O)CN)C3)C2)ccc1N(C=O)C1CCC(=O)NC1=O.O=CN1CCOC(c2ccccc2)C1. The Balaban J connectivity index is 0.000000276. The number of hydrogen-bond acceptors (Lipinski definition) is 9. The van der Waals surface area contributed by atoms with Gasteiger partial charge in [-0.3, -0.25) is 34.2 Å². The molecule has 4 aliphatic rings. The summed E-state index contributed by atoms with van der Waals surface area (Å²) < 4.78 is 5.60. The van der Waals surface area contributed by atoms with Crippen LogP contribution in [0.25, 0.3) is 0 Å². The number of nitrogens with zero attached hydrogens (tertiary/aromatic N) is 5. The third kappa shape index (κ3) is 11.1. The van der Waals surface area contributed by atoms with E-state index in [1.54, 1.807) is 4.90 Å². The third-order valence-corrected chi connectivity index (χ3v) is 9.69. The van der Waals surface area contributed by atoms with E-state index in [0.717, 1.165) is 68.3 Å². The van der Waals surface area contributed by atoms with Gasteiger partial charge in [-0.15, -0.1) is 0 Å². The number of piperidine rings is 1. The van der Waals surface area contributed by atoms with Crippen LogP contribution in [-0.4, -0.2) is 118 Å². The lowest BCUT2D eigenvalue weighted by Crippen LogP contribution is -2.52. The first-order valence-electron chi connectivity index (χ1n) is 18.4. The molecular weight excluding hydrogens is 662 g/mol. The summed E-state index contributed by atoms with van der Waals surface area (Å²) in [6, 6.07) is 15.2. The summed E-state index contributed by atoms with van der Waals surface area (Å²) in [5.74, 6) is 1.26. The molecule has 4 aliphatic heterocycles. The summed E-state index contributed by atoms with van der Waals surface area (Å²) in [7, 11) is 3.81. The van der Waals surface area contributed by atoms with E-state index in [0.29, 0.717) is 50.1 Å². The number of anilines is 2. The molecule has 0 bridgehead atoms. The molecule has 5 amide bonds. The summed E-state index contributed by atoms with van der Waals surface area (Å²) in [6.07, 6.45) is 3.16. The van der Waals surface area contributed by atoms with Crippen molar-refractivity contribution in [1.82, 2.24) is 20.0 Å². The maximum Gasteiger partial charge on any atom is 0.249 e. The van der Waals surface area contributed by atoms with Crippen molar-refractivity contribution in [2.75, 3.05) is 76.3 Å². The lowest BCUT2D eigenvalue weighted by molar-refractivity contribution is -0.135. The highest BCUT2D eigenvalue weighted by molar-refractivity contribution is 6.04. The normalized spacial score (nSPS) is 21.9. The molecule has 0 aromatic heterocycles. The second-order valence-electron chi connectivity index (χ2n) is 14.8. The van der Waals surface area contributed by atoms with E-state index < -0.39 is 11.9 Å². The Hall–Kier alpha value is -4.33. The summed E-state index contributed by atoms with van der Waals surface area (Å²) in [5, 5.41) is 2.33. The number of rotatable bonds is 10. The Bertz CT molecular complexity index is 1500. The summed E-state index contributed by atoms with van der Waals surface area (Å²) in [4.78, 5) is 67.7. The smallest absolute Gasteiger partial charge is 0.249 e. The van der Waals surface area contributed by atoms with Crippen LogP contribution in [0.15, 0.2) is 48.5 Å². The molecule has 13 nitrogen and oxygen atoms in total. The van der Waals surface area contributed by atoms with Gasteiger partial charge in [0.25, 0.3) is 0 Å². The van der Waals surface area contributed by atoms with E-state index in [1.807, 2.05) is 66.4 Å². The van der Waals surface area contributed by atoms with Crippen LogP contribution in [0.4, 0.5) is 11.4 Å². The van der Waals surface area contributed by atoms with Gasteiger partial charge in [-0.2, -0.15) is 0 Å². The number of morpholine rings is 1. The minimum absolute atomic E-state index is 0.0372. The van der Waals surface area contributed by atoms with Crippen molar-refractivity contribution < 1.29 is 28.7 Å². The van der Waals surface area contributed by atoms with Crippen molar-refractivity contribution in [3.63, 3.8) is 0 Å². The highest BCUT2D eigenvalue weighted by Crippen LogP contribution is 2.35. The molecular formula is C39H57N7O6. The standard InChI is InChI=1S/C24H34N6O4.C11H13NO2.C4H10/c1-27(2)21-9-16(3-4-19(21)30(15-31)20-5-6-22(32)26-24(20)34)11-28-12-18(13-28)17-7-8-29(14-17)23(33)10-25;13-9-12-6-7-14-11(8-12)10-4-2-1-3-5-10;1-4(2)3/h3-4,9,15,17-18,20H,5-8,10-14,25H2,1-2H3,(H,26,32,34);1-5,9,11H,6-8H2;4H,1-3H3. The molecule has 3 unspecified atom stereocenters. The second kappa shape index (κ2) is 19.5. The number of nitrogens with one attached hydrogen (secondary N) is 1. The molecule has 0 radical (unpaired) electrons. The fraction of sp³-hybridized carbons (Fsp3) is 0.564. The molecule has 284 valence electrons. The summed E-state index contributed by atoms with van der Waals surface area (Å²) >= 11 is 0. The largest absolute Gasteiger partial charge is 0.376 e. The number of nitrogens with two attached hydrogens (primary N) is 1. The fourth-order valence-electron chi connectivity index (χ4n) is 6.95. The van der Waals surface area contributed by atoms with Gasteiger partial charge in [-0.1, -0.05) is 57.2 Å². The topological polar surface area (TPSA) is 149 Å². The zero-order chi connectivity index (χ0) is 37.8.